The molecule has 2 rings (SSSR count). The van der Waals surface area contributed by atoms with Gasteiger partial charge in [-0.05, 0) is 23.8 Å². The molecule has 0 aliphatic rings. The number of benzene rings is 2. The fourth-order valence-electron chi connectivity index (χ4n) is 1.63. The van der Waals surface area contributed by atoms with Crippen LogP contribution in [-0.2, 0) is 4.79 Å². The molecule has 3 nitrogen and oxygen atoms in total. The van der Waals surface area contributed by atoms with Gasteiger partial charge in [0.25, 0.3) is 0 Å². The van der Waals surface area contributed by atoms with Gasteiger partial charge in [0.2, 0.25) is 0 Å². The van der Waals surface area contributed by atoms with E-state index in [1.54, 1.807) is 30.3 Å². The molecule has 2 aromatic carbocycles. The molecule has 1 atom stereocenters. The molecule has 19 heavy (non-hydrogen) atoms. The van der Waals surface area contributed by atoms with E-state index in [-0.39, 0.29) is 0 Å². The number of anilines is 1. The number of nitrogen functional groups attached to an aromatic ring is 1. The molecule has 0 aliphatic carbocycles. The Labute approximate surface area is 120 Å². The van der Waals surface area contributed by atoms with Gasteiger partial charge in [-0.2, -0.15) is 0 Å². The van der Waals surface area contributed by atoms with Gasteiger partial charge in [0.15, 0.2) is 0 Å². The molecular formula is C14H12ClNO2S. The van der Waals surface area contributed by atoms with Gasteiger partial charge < -0.3 is 10.8 Å². The first-order valence-corrected chi connectivity index (χ1v) is 6.83. The summed E-state index contributed by atoms with van der Waals surface area (Å²) in [6.07, 6.45) is 0. The van der Waals surface area contributed by atoms with Gasteiger partial charge >= 0.3 is 5.97 Å². The van der Waals surface area contributed by atoms with Crippen molar-refractivity contribution >= 4 is 35.0 Å². The van der Waals surface area contributed by atoms with E-state index in [0.29, 0.717) is 15.6 Å². The monoisotopic (exact) mass is 293 g/mol. The van der Waals surface area contributed by atoms with Gasteiger partial charge in [-0.1, -0.05) is 41.9 Å². The van der Waals surface area contributed by atoms with Gasteiger partial charge in [-0.3, -0.25) is 4.79 Å². The number of carboxylic acids is 1. The normalized spacial score (nSPS) is 12.1. The molecule has 0 saturated carbocycles. The lowest BCUT2D eigenvalue weighted by Gasteiger charge is -2.13. The van der Waals surface area contributed by atoms with Crippen molar-refractivity contribution in [1.82, 2.24) is 0 Å². The zero-order valence-corrected chi connectivity index (χ0v) is 11.5. The Bertz CT molecular complexity index is 589. The summed E-state index contributed by atoms with van der Waals surface area (Å²) in [5.41, 5.74) is 6.91. The third kappa shape index (κ3) is 3.43. The van der Waals surface area contributed by atoms with Gasteiger partial charge in [0.1, 0.15) is 5.25 Å². The third-order valence-corrected chi connectivity index (χ3v) is 4.27. The van der Waals surface area contributed by atoms with E-state index >= 15 is 0 Å². The van der Waals surface area contributed by atoms with E-state index in [0.717, 1.165) is 5.56 Å². The predicted octanol–water partition coefficient (Wildman–Crippen LogP) is 3.84. The highest BCUT2D eigenvalue weighted by Crippen LogP contribution is 2.39. The summed E-state index contributed by atoms with van der Waals surface area (Å²) in [6.45, 7) is 0. The van der Waals surface area contributed by atoms with E-state index in [4.69, 9.17) is 17.3 Å². The second kappa shape index (κ2) is 5.99. The first-order valence-electron chi connectivity index (χ1n) is 5.57. The van der Waals surface area contributed by atoms with E-state index < -0.39 is 11.2 Å². The Kier molecular flexibility index (Phi) is 4.35. The predicted molar refractivity (Wildman–Crippen MR) is 78.5 cm³/mol. The van der Waals surface area contributed by atoms with Crippen LogP contribution in [0.1, 0.15) is 10.8 Å². The zero-order valence-electron chi connectivity index (χ0n) is 9.92. The van der Waals surface area contributed by atoms with Crippen molar-refractivity contribution in [2.45, 2.75) is 10.1 Å². The van der Waals surface area contributed by atoms with Gasteiger partial charge in [0, 0.05) is 10.6 Å². The summed E-state index contributed by atoms with van der Waals surface area (Å²) >= 11 is 7.27. The first kappa shape index (κ1) is 13.8. The maximum absolute atomic E-state index is 11.4. The molecule has 0 saturated heterocycles. The molecule has 0 spiro atoms. The fraction of sp³-hybridized carbons (Fsp3) is 0.0714. The maximum atomic E-state index is 11.4. The van der Waals surface area contributed by atoms with Crippen molar-refractivity contribution in [2.75, 3.05) is 5.73 Å². The number of hydrogen-bond acceptors (Lipinski definition) is 3. The van der Waals surface area contributed by atoms with Crippen molar-refractivity contribution in [3.63, 3.8) is 0 Å². The van der Waals surface area contributed by atoms with Crippen molar-refractivity contribution in [2.24, 2.45) is 0 Å². The highest BCUT2D eigenvalue weighted by Gasteiger charge is 2.22. The molecule has 0 aromatic heterocycles. The molecule has 5 heteroatoms. The van der Waals surface area contributed by atoms with E-state index in [1.807, 2.05) is 18.2 Å². The van der Waals surface area contributed by atoms with Crippen molar-refractivity contribution < 1.29 is 9.90 Å². The lowest BCUT2D eigenvalue weighted by molar-refractivity contribution is -0.136. The van der Waals surface area contributed by atoms with Crippen LogP contribution in [0.15, 0.2) is 53.4 Å². The van der Waals surface area contributed by atoms with Crippen molar-refractivity contribution in [3.05, 3.63) is 59.1 Å². The average molecular weight is 294 g/mol. The second-order valence-electron chi connectivity index (χ2n) is 3.94. The number of carboxylic acid groups (broad SMARTS) is 1. The highest BCUT2D eigenvalue weighted by molar-refractivity contribution is 8.00. The summed E-state index contributed by atoms with van der Waals surface area (Å²) in [6, 6.07) is 14.1. The average Bonchev–Trinajstić information content (AvgIpc) is 2.38. The van der Waals surface area contributed by atoms with Crippen LogP contribution in [0.5, 0.6) is 0 Å². The molecule has 3 N–H and O–H groups in total. The molecule has 0 radical (unpaired) electrons. The van der Waals surface area contributed by atoms with E-state index in [1.165, 1.54) is 11.8 Å². The number of rotatable bonds is 4. The Morgan fingerprint density at radius 2 is 1.89 bits per heavy atom. The van der Waals surface area contributed by atoms with E-state index in [9.17, 15) is 9.90 Å². The molecule has 98 valence electrons. The first-order chi connectivity index (χ1) is 9.08. The summed E-state index contributed by atoms with van der Waals surface area (Å²) in [5.74, 6) is -0.899. The number of carbonyl (C=O) groups is 1. The van der Waals surface area contributed by atoms with Crippen molar-refractivity contribution in [3.8, 4) is 0 Å². The van der Waals surface area contributed by atoms with Crippen LogP contribution >= 0.6 is 23.4 Å². The number of thioether (sulfide) groups is 1. The Hall–Kier alpha value is -1.65. The summed E-state index contributed by atoms with van der Waals surface area (Å²) < 4.78 is 0. The van der Waals surface area contributed by atoms with E-state index in [2.05, 4.69) is 0 Å². The molecule has 0 fully saturated rings. The zero-order chi connectivity index (χ0) is 13.8. The van der Waals surface area contributed by atoms with Crippen LogP contribution in [0.2, 0.25) is 5.02 Å². The lowest BCUT2D eigenvalue weighted by Crippen LogP contribution is -2.07. The molecule has 2 aromatic rings. The Morgan fingerprint density at radius 3 is 2.47 bits per heavy atom. The Morgan fingerprint density at radius 1 is 1.21 bits per heavy atom. The number of hydrogen-bond donors (Lipinski definition) is 2. The number of halogens is 1. The summed E-state index contributed by atoms with van der Waals surface area (Å²) in [4.78, 5) is 12.1. The molecular weight excluding hydrogens is 282 g/mol. The second-order valence-corrected chi connectivity index (χ2v) is 5.49. The topological polar surface area (TPSA) is 63.3 Å². The minimum absolute atomic E-state index is 0.465. The van der Waals surface area contributed by atoms with Crippen LogP contribution in [0.3, 0.4) is 0 Å². The number of aliphatic carboxylic acids is 1. The van der Waals surface area contributed by atoms with Crippen LogP contribution in [0.25, 0.3) is 0 Å². The molecule has 0 bridgehead atoms. The largest absolute Gasteiger partial charge is 0.480 e. The summed E-state index contributed by atoms with van der Waals surface area (Å²) in [7, 11) is 0. The Balaban J connectivity index is 2.29. The third-order valence-electron chi connectivity index (χ3n) is 2.53. The quantitative estimate of drug-likeness (QED) is 0.664. The van der Waals surface area contributed by atoms with Gasteiger partial charge in [-0.25, -0.2) is 0 Å². The molecule has 0 heterocycles. The minimum atomic E-state index is -0.899. The fourth-order valence-corrected chi connectivity index (χ4v) is 2.92. The smallest absolute Gasteiger partial charge is 0.321 e. The van der Waals surface area contributed by atoms with Gasteiger partial charge in [0.05, 0.1) is 5.02 Å². The summed E-state index contributed by atoms with van der Waals surface area (Å²) in [5, 5.41) is 9.12. The number of nitrogens with two attached hydrogens (primary N) is 1. The van der Waals surface area contributed by atoms with Crippen LogP contribution < -0.4 is 5.73 Å². The minimum Gasteiger partial charge on any atom is -0.480 e. The maximum Gasteiger partial charge on any atom is 0.321 e. The highest BCUT2D eigenvalue weighted by atomic mass is 35.5. The van der Waals surface area contributed by atoms with Crippen molar-refractivity contribution in [1.29, 1.82) is 0 Å². The molecule has 0 amide bonds. The van der Waals surface area contributed by atoms with Crippen LogP contribution in [0.4, 0.5) is 5.69 Å². The van der Waals surface area contributed by atoms with Crippen LogP contribution in [0, 0.1) is 0 Å². The molecule has 0 aliphatic heterocycles. The standard InChI is InChI=1S/C14H12ClNO2S/c15-11-8-10(16)6-7-12(11)19-13(14(17)18)9-4-2-1-3-5-9/h1-8,13H,16H2,(H,17,18). The molecule has 1 unspecified atom stereocenters. The lowest BCUT2D eigenvalue weighted by atomic mass is 10.1. The SMILES string of the molecule is Nc1ccc(SC(C(=O)O)c2ccccc2)c(Cl)c1. The van der Waals surface area contributed by atoms with Gasteiger partial charge in [-0.15, -0.1) is 11.8 Å². The van der Waals surface area contributed by atoms with Crippen LogP contribution in [-0.4, -0.2) is 11.1 Å².